The molecule has 0 saturated carbocycles. The molecule has 1 aromatic heterocycles. The highest BCUT2D eigenvalue weighted by Gasteiger charge is 2.21. The van der Waals surface area contributed by atoms with E-state index < -0.39 is 29.8 Å². The van der Waals surface area contributed by atoms with Crippen molar-refractivity contribution in [2.24, 2.45) is 0 Å². The van der Waals surface area contributed by atoms with Gasteiger partial charge in [0.25, 0.3) is 0 Å². The van der Waals surface area contributed by atoms with Gasteiger partial charge in [-0.2, -0.15) is 5.10 Å². The molecule has 6 nitrogen and oxygen atoms in total. The van der Waals surface area contributed by atoms with Crippen LogP contribution >= 0.6 is 0 Å². The molecule has 2 unspecified atom stereocenters. The molecule has 0 amide bonds. The molecule has 0 spiro atoms. The highest BCUT2D eigenvalue weighted by atomic mass is 19.1. The third-order valence-corrected chi connectivity index (χ3v) is 5.54. The standard InChI is InChI=1S/C28H30F2N2O4/c1-4-36-25(35)16-23(34)15-22(33)13-14-24-26(18-5-9-20(29)10-6-18)28(32-31-27(24)17(2)3)19-7-11-21(30)12-8-19/h5-14,17,22-23,33-34H,4,15-16H2,1-3H3/b14-13+. The number of hydrogen-bond donors (Lipinski definition) is 2. The fourth-order valence-corrected chi connectivity index (χ4v) is 3.84. The zero-order valence-electron chi connectivity index (χ0n) is 20.5. The van der Waals surface area contributed by atoms with Crippen LogP contribution in [0.5, 0.6) is 0 Å². The van der Waals surface area contributed by atoms with Gasteiger partial charge in [0.2, 0.25) is 0 Å². The summed E-state index contributed by atoms with van der Waals surface area (Å²) in [6.07, 6.45) is 0.785. The molecule has 2 atom stereocenters. The molecule has 2 N–H and O–H groups in total. The number of nitrogens with zero attached hydrogens (tertiary/aromatic N) is 2. The van der Waals surface area contributed by atoms with Crippen LogP contribution in [0.25, 0.3) is 28.5 Å². The summed E-state index contributed by atoms with van der Waals surface area (Å²) in [7, 11) is 0. The second kappa shape index (κ2) is 12.5. The van der Waals surface area contributed by atoms with Gasteiger partial charge in [-0.15, -0.1) is 5.10 Å². The van der Waals surface area contributed by atoms with Crippen LogP contribution < -0.4 is 0 Å². The summed E-state index contributed by atoms with van der Waals surface area (Å²) >= 11 is 0. The molecule has 0 aliphatic rings. The summed E-state index contributed by atoms with van der Waals surface area (Å²) in [5.41, 5.74) is 3.72. The van der Waals surface area contributed by atoms with Gasteiger partial charge in [0.1, 0.15) is 17.3 Å². The third-order valence-electron chi connectivity index (χ3n) is 5.54. The number of aliphatic hydroxyl groups excluding tert-OH is 2. The fourth-order valence-electron chi connectivity index (χ4n) is 3.84. The topological polar surface area (TPSA) is 92.5 Å². The summed E-state index contributed by atoms with van der Waals surface area (Å²) in [5.74, 6) is -1.36. The number of rotatable bonds is 10. The molecule has 8 heteroatoms. The van der Waals surface area contributed by atoms with Crippen LogP contribution in [0.4, 0.5) is 8.78 Å². The Labute approximate surface area is 209 Å². The normalized spacial score (nSPS) is 13.2. The van der Waals surface area contributed by atoms with Crippen LogP contribution in [-0.2, 0) is 9.53 Å². The van der Waals surface area contributed by atoms with Crippen LogP contribution in [0.15, 0.2) is 54.6 Å². The van der Waals surface area contributed by atoms with E-state index >= 15 is 0 Å². The largest absolute Gasteiger partial charge is 0.466 e. The first-order valence-electron chi connectivity index (χ1n) is 11.8. The molecule has 0 aliphatic carbocycles. The van der Waals surface area contributed by atoms with Crippen LogP contribution in [0, 0.1) is 11.6 Å². The van der Waals surface area contributed by atoms with Crippen molar-refractivity contribution < 1.29 is 28.5 Å². The van der Waals surface area contributed by atoms with Gasteiger partial charge in [-0.1, -0.05) is 38.1 Å². The van der Waals surface area contributed by atoms with Crippen LogP contribution in [-0.4, -0.2) is 45.2 Å². The minimum atomic E-state index is -1.07. The van der Waals surface area contributed by atoms with Crippen LogP contribution in [0.1, 0.15) is 50.8 Å². The number of halogens is 2. The van der Waals surface area contributed by atoms with Crippen LogP contribution in [0.3, 0.4) is 0 Å². The second-order valence-electron chi connectivity index (χ2n) is 8.72. The number of carbonyl (C=O) groups is 1. The van der Waals surface area contributed by atoms with E-state index in [1.54, 1.807) is 37.3 Å². The summed E-state index contributed by atoms with van der Waals surface area (Å²) in [6.45, 7) is 5.79. The first-order valence-corrected chi connectivity index (χ1v) is 11.8. The number of esters is 1. The molecule has 0 radical (unpaired) electrons. The van der Waals surface area contributed by atoms with Gasteiger partial charge in [-0.25, -0.2) is 8.78 Å². The molecule has 1 heterocycles. The summed E-state index contributed by atoms with van der Waals surface area (Å²) in [4.78, 5) is 11.6. The lowest BCUT2D eigenvalue weighted by Gasteiger charge is -2.18. The SMILES string of the molecule is CCOC(=O)CC(O)CC(O)/C=C/c1c(C(C)C)nnc(-c2ccc(F)cc2)c1-c1ccc(F)cc1. The third kappa shape index (κ3) is 7.02. The zero-order valence-corrected chi connectivity index (χ0v) is 20.5. The summed E-state index contributed by atoms with van der Waals surface area (Å²) in [5, 5.41) is 29.5. The number of ether oxygens (including phenoxy) is 1. The Morgan fingerprint density at radius 3 is 2.11 bits per heavy atom. The maximum absolute atomic E-state index is 13.7. The number of aliphatic hydroxyl groups is 2. The summed E-state index contributed by atoms with van der Waals surface area (Å²) < 4.78 is 32.1. The highest BCUT2D eigenvalue weighted by Crippen LogP contribution is 2.37. The molecular formula is C28H30F2N2O4. The van der Waals surface area contributed by atoms with Crippen molar-refractivity contribution in [1.29, 1.82) is 0 Å². The minimum absolute atomic E-state index is 0.0369. The first kappa shape index (κ1) is 27.1. The van der Waals surface area contributed by atoms with Gasteiger partial charge in [-0.05, 0) is 54.8 Å². The lowest BCUT2D eigenvalue weighted by Crippen LogP contribution is -2.20. The second-order valence-corrected chi connectivity index (χ2v) is 8.72. The average molecular weight is 497 g/mol. The van der Waals surface area contributed by atoms with E-state index in [4.69, 9.17) is 4.74 Å². The fraction of sp³-hybridized carbons (Fsp3) is 0.321. The molecule has 36 heavy (non-hydrogen) atoms. The maximum atomic E-state index is 13.7. The first-order chi connectivity index (χ1) is 17.2. The Kier molecular flexibility index (Phi) is 9.38. The Bertz CT molecular complexity index is 1200. The van der Waals surface area contributed by atoms with Gasteiger partial charge < -0.3 is 14.9 Å². The van der Waals surface area contributed by atoms with Gasteiger partial charge >= 0.3 is 5.97 Å². The van der Waals surface area contributed by atoms with E-state index in [-0.39, 0.29) is 25.4 Å². The Morgan fingerprint density at radius 1 is 0.972 bits per heavy atom. The van der Waals surface area contributed by atoms with E-state index in [0.717, 1.165) is 0 Å². The average Bonchev–Trinajstić information content (AvgIpc) is 2.83. The van der Waals surface area contributed by atoms with Crippen molar-refractivity contribution in [2.45, 2.75) is 51.7 Å². The van der Waals surface area contributed by atoms with Crippen molar-refractivity contribution in [3.63, 3.8) is 0 Å². The Morgan fingerprint density at radius 2 is 1.56 bits per heavy atom. The van der Waals surface area contributed by atoms with E-state index in [1.165, 1.54) is 30.3 Å². The monoisotopic (exact) mass is 496 g/mol. The number of hydrogen-bond acceptors (Lipinski definition) is 6. The smallest absolute Gasteiger partial charge is 0.308 e. The lowest BCUT2D eigenvalue weighted by molar-refractivity contribution is -0.145. The molecule has 2 aromatic carbocycles. The Hall–Kier alpha value is -3.49. The molecule has 3 aromatic rings. The van der Waals surface area contributed by atoms with E-state index in [1.807, 2.05) is 13.8 Å². The number of aromatic nitrogens is 2. The van der Waals surface area contributed by atoms with Gasteiger partial charge in [-0.3, -0.25) is 4.79 Å². The maximum Gasteiger partial charge on any atom is 0.308 e. The molecule has 0 saturated heterocycles. The zero-order chi connectivity index (χ0) is 26.2. The van der Waals surface area contributed by atoms with E-state index in [2.05, 4.69) is 10.2 Å². The highest BCUT2D eigenvalue weighted by molar-refractivity contribution is 5.88. The van der Waals surface area contributed by atoms with E-state index in [9.17, 15) is 23.8 Å². The molecule has 0 aliphatic heterocycles. The van der Waals surface area contributed by atoms with Gasteiger partial charge in [0, 0.05) is 23.1 Å². The van der Waals surface area contributed by atoms with Crippen LogP contribution in [0.2, 0.25) is 0 Å². The molecular weight excluding hydrogens is 466 g/mol. The van der Waals surface area contributed by atoms with Gasteiger partial charge in [0.05, 0.1) is 30.9 Å². The lowest BCUT2D eigenvalue weighted by atomic mass is 9.90. The van der Waals surface area contributed by atoms with E-state index in [0.29, 0.717) is 33.6 Å². The molecule has 3 rings (SSSR count). The van der Waals surface area contributed by atoms with Crippen molar-refractivity contribution >= 4 is 12.0 Å². The number of benzene rings is 2. The predicted octanol–water partition coefficient (Wildman–Crippen LogP) is 5.29. The molecule has 0 bridgehead atoms. The van der Waals surface area contributed by atoms with Crippen molar-refractivity contribution in [1.82, 2.24) is 10.2 Å². The predicted molar refractivity (Wildman–Crippen MR) is 134 cm³/mol. The minimum Gasteiger partial charge on any atom is -0.466 e. The van der Waals surface area contributed by atoms with Crippen molar-refractivity contribution in [2.75, 3.05) is 6.61 Å². The summed E-state index contributed by atoms with van der Waals surface area (Å²) in [6, 6.07) is 11.8. The van der Waals surface area contributed by atoms with Crippen molar-refractivity contribution in [3.8, 4) is 22.4 Å². The van der Waals surface area contributed by atoms with Gasteiger partial charge in [0.15, 0.2) is 0 Å². The molecule has 190 valence electrons. The van der Waals surface area contributed by atoms with Crippen molar-refractivity contribution in [3.05, 3.63) is 77.5 Å². The number of carbonyl (C=O) groups excluding carboxylic acids is 1. The Balaban J connectivity index is 2.06. The quantitative estimate of drug-likeness (QED) is 0.371. The molecule has 0 fully saturated rings.